The van der Waals surface area contributed by atoms with E-state index in [0.29, 0.717) is 6.61 Å². The van der Waals surface area contributed by atoms with E-state index in [-0.39, 0.29) is 0 Å². The van der Waals surface area contributed by atoms with E-state index >= 15 is 0 Å². The quantitative estimate of drug-likeness (QED) is 0.301. The molecule has 6 heteroatoms. The van der Waals surface area contributed by atoms with Gasteiger partial charge in [-0.2, -0.15) is 0 Å². The lowest BCUT2D eigenvalue weighted by molar-refractivity contribution is 0.187. The second-order valence-electron chi connectivity index (χ2n) is 7.52. The van der Waals surface area contributed by atoms with Gasteiger partial charge in [0, 0.05) is 19.0 Å². The monoisotopic (exact) mass is 383 g/mol. The maximum Gasteiger partial charge on any atom is 0.323 e. The van der Waals surface area contributed by atoms with Gasteiger partial charge in [-0.05, 0) is 44.2 Å². The number of hydrogen-bond donors (Lipinski definition) is 0. The van der Waals surface area contributed by atoms with Gasteiger partial charge in [0.25, 0.3) is 0 Å². The predicted molar refractivity (Wildman–Crippen MR) is 109 cm³/mol. The SMILES string of the molecule is CCCCCCCCCO[Si](C)(C)O[Si](C)(C)OCc1cccnc1. The van der Waals surface area contributed by atoms with E-state index in [1.54, 1.807) is 6.20 Å². The number of nitrogens with zero attached hydrogens (tertiary/aromatic N) is 1. The smallest absolute Gasteiger partial charge is 0.323 e. The van der Waals surface area contributed by atoms with Crippen molar-refractivity contribution in [1.82, 2.24) is 4.98 Å². The Hall–Kier alpha value is -0.536. The number of rotatable bonds is 14. The molecule has 0 bridgehead atoms. The van der Waals surface area contributed by atoms with Gasteiger partial charge in [0.15, 0.2) is 0 Å². The Labute approximate surface area is 156 Å². The molecule has 1 aromatic heterocycles. The van der Waals surface area contributed by atoms with E-state index < -0.39 is 17.1 Å². The van der Waals surface area contributed by atoms with Crippen LogP contribution in [0.5, 0.6) is 0 Å². The molecule has 1 heterocycles. The van der Waals surface area contributed by atoms with Crippen molar-refractivity contribution < 1.29 is 13.0 Å². The molecule has 1 aromatic rings. The largest absolute Gasteiger partial charge is 0.415 e. The summed E-state index contributed by atoms with van der Waals surface area (Å²) < 4.78 is 18.5. The van der Waals surface area contributed by atoms with Gasteiger partial charge >= 0.3 is 17.1 Å². The van der Waals surface area contributed by atoms with Crippen molar-refractivity contribution in [1.29, 1.82) is 0 Å². The Morgan fingerprint density at radius 2 is 1.52 bits per heavy atom. The first-order valence-corrected chi connectivity index (χ1v) is 15.3. The van der Waals surface area contributed by atoms with Crippen molar-refractivity contribution in [3.8, 4) is 0 Å². The highest BCUT2D eigenvalue weighted by Crippen LogP contribution is 2.19. The third-order valence-corrected chi connectivity index (χ3v) is 9.67. The van der Waals surface area contributed by atoms with Gasteiger partial charge in [0.1, 0.15) is 0 Å². The van der Waals surface area contributed by atoms with Crippen molar-refractivity contribution in [2.45, 2.75) is 84.7 Å². The molecule has 144 valence electrons. The van der Waals surface area contributed by atoms with Crippen molar-refractivity contribution >= 4 is 17.1 Å². The first-order chi connectivity index (χ1) is 11.8. The molecule has 0 N–H and O–H groups in total. The predicted octanol–water partition coefficient (Wildman–Crippen LogP) is 5.79. The molecule has 0 aliphatic carbocycles. The van der Waals surface area contributed by atoms with Crippen molar-refractivity contribution in [2.75, 3.05) is 6.61 Å². The molecule has 0 fully saturated rings. The summed E-state index contributed by atoms with van der Waals surface area (Å²) >= 11 is 0. The Bertz CT molecular complexity index is 455. The molecule has 0 atom stereocenters. The summed E-state index contributed by atoms with van der Waals surface area (Å²) in [6.07, 6.45) is 12.7. The van der Waals surface area contributed by atoms with E-state index in [0.717, 1.165) is 18.6 Å². The topological polar surface area (TPSA) is 40.6 Å². The van der Waals surface area contributed by atoms with Gasteiger partial charge in [-0.15, -0.1) is 0 Å². The van der Waals surface area contributed by atoms with E-state index in [1.807, 2.05) is 18.3 Å². The standard InChI is InChI=1S/C19H37NO3Si2/c1-6-7-8-9-10-11-12-16-21-24(2,3)23-25(4,5)22-18-19-14-13-15-20-17-19/h13-15,17H,6-12,16,18H2,1-5H3. The number of pyridine rings is 1. The van der Waals surface area contributed by atoms with E-state index in [4.69, 9.17) is 13.0 Å². The molecule has 0 amide bonds. The normalized spacial score (nSPS) is 12.5. The zero-order valence-corrected chi connectivity index (χ0v) is 18.8. The van der Waals surface area contributed by atoms with Gasteiger partial charge in [-0.3, -0.25) is 4.98 Å². The fraction of sp³-hybridized carbons (Fsp3) is 0.737. The van der Waals surface area contributed by atoms with Crippen LogP contribution in [0.1, 0.15) is 57.4 Å². The Morgan fingerprint density at radius 3 is 2.16 bits per heavy atom. The Kier molecular flexibility index (Phi) is 10.8. The molecule has 0 spiro atoms. The minimum atomic E-state index is -2.20. The first kappa shape index (κ1) is 22.5. The highest BCUT2D eigenvalue weighted by Gasteiger charge is 2.36. The highest BCUT2D eigenvalue weighted by atomic mass is 28.5. The lowest BCUT2D eigenvalue weighted by Crippen LogP contribution is -2.48. The van der Waals surface area contributed by atoms with Crippen LogP contribution in [0.15, 0.2) is 24.5 Å². The maximum absolute atomic E-state index is 6.32. The maximum atomic E-state index is 6.32. The summed E-state index contributed by atoms with van der Waals surface area (Å²) in [5.74, 6) is 0. The summed E-state index contributed by atoms with van der Waals surface area (Å²) in [4.78, 5) is 4.12. The van der Waals surface area contributed by atoms with E-state index in [1.165, 1.54) is 38.5 Å². The zero-order chi connectivity index (χ0) is 18.6. The number of aromatic nitrogens is 1. The van der Waals surface area contributed by atoms with Crippen LogP contribution in [0.2, 0.25) is 26.2 Å². The van der Waals surface area contributed by atoms with Crippen LogP contribution in [0.25, 0.3) is 0 Å². The molecule has 1 rings (SSSR count). The zero-order valence-electron chi connectivity index (χ0n) is 16.8. The lowest BCUT2D eigenvalue weighted by Gasteiger charge is -2.32. The van der Waals surface area contributed by atoms with Gasteiger partial charge in [0.05, 0.1) is 6.61 Å². The fourth-order valence-corrected chi connectivity index (χ4v) is 9.13. The van der Waals surface area contributed by atoms with E-state index in [9.17, 15) is 0 Å². The van der Waals surface area contributed by atoms with Crippen molar-refractivity contribution in [3.05, 3.63) is 30.1 Å². The molecule has 25 heavy (non-hydrogen) atoms. The highest BCUT2D eigenvalue weighted by molar-refractivity contribution is 6.78. The van der Waals surface area contributed by atoms with Crippen LogP contribution < -0.4 is 0 Å². The lowest BCUT2D eigenvalue weighted by atomic mass is 10.1. The average molecular weight is 384 g/mol. The van der Waals surface area contributed by atoms with Crippen LogP contribution in [0, 0.1) is 0 Å². The van der Waals surface area contributed by atoms with Gasteiger partial charge in [-0.25, -0.2) is 0 Å². The van der Waals surface area contributed by atoms with Crippen LogP contribution in [0.3, 0.4) is 0 Å². The average Bonchev–Trinajstić information content (AvgIpc) is 2.55. The second kappa shape index (κ2) is 12.0. The molecule has 4 nitrogen and oxygen atoms in total. The molecule has 0 aliphatic heterocycles. The third kappa shape index (κ3) is 11.6. The van der Waals surface area contributed by atoms with Crippen LogP contribution in [-0.2, 0) is 19.6 Å². The molecule has 0 aromatic carbocycles. The Balaban J connectivity index is 2.21. The summed E-state index contributed by atoms with van der Waals surface area (Å²) in [7, 11) is -4.34. The summed E-state index contributed by atoms with van der Waals surface area (Å²) in [5.41, 5.74) is 1.08. The summed E-state index contributed by atoms with van der Waals surface area (Å²) in [6.45, 7) is 12.0. The number of unbranched alkanes of at least 4 members (excludes halogenated alkanes) is 6. The molecule has 0 saturated carbocycles. The summed E-state index contributed by atoms with van der Waals surface area (Å²) in [5, 5.41) is 0. The minimum absolute atomic E-state index is 0.551. The van der Waals surface area contributed by atoms with Gasteiger partial charge in [0.2, 0.25) is 0 Å². The van der Waals surface area contributed by atoms with Gasteiger partial charge in [-0.1, -0.05) is 51.5 Å². The van der Waals surface area contributed by atoms with E-state index in [2.05, 4.69) is 38.1 Å². The Morgan fingerprint density at radius 1 is 0.880 bits per heavy atom. The number of hydrogen-bond acceptors (Lipinski definition) is 4. The van der Waals surface area contributed by atoms with Crippen LogP contribution >= 0.6 is 0 Å². The van der Waals surface area contributed by atoms with Crippen LogP contribution in [0.4, 0.5) is 0 Å². The molecule has 0 saturated heterocycles. The molecular weight excluding hydrogens is 346 g/mol. The molecule has 0 unspecified atom stereocenters. The van der Waals surface area contributed by atoms with Crippen LogP contribution in [-0.4, -0.2) is 28.7 Å². The van der Waals surface area contributed by atoms with Crippen molar-refractivity contribution in [3.63, 3.8) is 0 Å². The second-order valence-corrected chi connectivity index (χ2v) is 14.5. The minimum Gasteiger partial charge on any atom is -0.415 e. The third-order valence-electron chi connectivity index (χ3n) is 4.00. The molecular formula is C19H37NO3Si2. The fourth-order valence-electron chi connectivity index (χ4n) is 2.77. The van der Waals surface area contributed by atoms with Gasteiger partial charge < -0.3 is 13.0 Å². The molecule has 0 aliphatic rings. The molecule has 0 radical (unpaired) electrons. The first-order valence-electron chi connectivity index (χ1n) is 9.71. The van der Waals surface area contributed by atoms with Crippen molar-refractivity contribution in [2.24, 2.45) is 0 Å². The summed E-state index contributed by atoms with van der Waals surface area (Å²) in [6, 6.07) is 3.95.